The van der Waals surface area contributed by atoms with Crippen molar-refractivity contribution in [3.63, 3.8) is 0 Å². The first-order valence-electron chi connectivity index (χ1n) is 9.59. The Bertz CT molecular complexity index is 1190. The topological polar surface area (TPSA) is 105 Å². The molecule has 0 aliphatic carbocycles. The number of benzene rings is 2. The van der Waals surface area contributed by atoms with Gasteiger partial charge in [-0.25, -0.2) is 14.1 Å². The van der Waals surface area contributed by atoms with Crippen LogP contribution in [0.2, 0.25) is 0 Å². The van der Waals surface area contributed by atoms with E-state index < -0.39 is 30.2 Å². The Morgan fingerprint density at radius 3 is 2.67 bits per heavy atom. The molecule has 2 N–H and O–H groups in total. The number of nitrogens with zero attached hydrogens (tertiary/aromatic N) is 1. The van der Waals surface area contributed by atoms with Crippen molar-refractivity contribution in [2.45, 2.75) is 6.42 Å². The smallest absolute Gasteiger partial charge is 0.341 e. The van der Waals surface area contributed by atoms with Gasteiger partial charge in [-0.1, -0.05) is 18.2 Å². The third kappa shape index (κ3) is 5.07. The van der Waals surface area contributed by atoms with Gasteiger partial charge in [-0.3, -0.25) is 14.9 Å². The molecular weight excluding hydrogens is 451 g/mol. The maximum atomic E-state index is 14.3. The number of hydrogen-bond acceptors (Lipinski definition) is 6. The quantitative estimate of drug-likeness (QED) is 0.265. The molecule has 10 heteroatoms. The van der Waals surface area contributed by atoms with Gasteiger partial charge in [-0.05, 0) is 54.5 Å². The van der Waals surface area contributed by atoms with Gasteiger partial charge in [0, 0.05) is 5.56 Å². The van der Waals surface area contributed by atoms with Crippen LogP contribution in [0.15, 0.2) is 54.6 Å². The first-order valence-corrected chi connectivity index (χ1v) is 10.00. The zero-order chi connectivity index (χ0) is 24.1. The summed E-state index contributed by atoms with van der Waals surface area (Å²) in [4.78, 5) is 37.5. The molecule has 0 saturated carbocycles. The van der Waals surface area contributed by atoms with E-state index in [1.807, 2.05) is 0 Å². The number of hydrogen-bond donors (Lipinski definition) is 2. The van der Waals surface area contributed by atoms with Crippen molar-refractivity contribution >= 4 is 46.9 Å². The fraction of sp³-hybridized carbons (Fsp3) is 0.130. The molecule has 170 valence electrons. The second-order valence-corrected chi connectivity index (χ2v) is 7.18. The molecule has 1 fully saturated rings. The Morgan fingerprint density at radius 2 is 2.03 bits per heavy atom. The number of anilines is 1. The van der Waals surface area contributed by atoms with Crippen molar-refractivity contribution in [2.75, 3.05) is 18.6 Å². The number of thiocarbonyl (C=S) groups is 1. The second-order valence-electron chi connectivity index (χ2n) is 6.80. The highest BCUT2D eigenvalue weighted by molar-refractivity contribution is 7.80. The van der Waals surface area contributed by atoms with Crippen LogP contribution in [0.5, 0.6) is 11.5 Å². The molecular formula is C23H19FN2O6S. The van der Waals surface area contributed by atoms with Crippen molar-refractivity contribution < 1.29 is 33.4 Å². The Morgan fingerprint density at radius 1 is 1.30 bits per heavy atom. The van der Waals surface area contributed by atoms with Gasteiger partial charge in [-0.15, -0.1) is 6.58 Å². The first-order chi connectivity index (χ1) is 15.8. The third-order valence-corrected chi connectivity index (χ3v) is 4.87. The van der Waals surface area contributed by atoms with Crippen LogP contribution >= 0.6 is 12.2 Å². The monoisotopic (exact) mass is 470 g/mol. The lowest BCUT2D eigenvalue weighted by molar-refractivity contribution is -0.139. The zero-order valence-electron chi connectivity index (χ0n) is 17.5. The van der Waals surface area contributed by atoms with E-state index in [2.05, 4.69) is 11.9 Å². The normalized spacial score (nSPS) is 14.8. The van der Waals surface area contributed by atoms with Gasteiger partial charge in [0.2, 0.25) is 0 Å². The number of carbonyl (C=O) groups excluding carboxylic acids is 2. The number of ether oxygens (including phenoxy) is 2. The summed E-state index contributed by atoms with van der Waals surface area (Å²) in [5.41, 5.74) is 0.548. The fourth-order valence-corrected chi connectivity index (χ4v) is 3.47. The van der Waals surface area contributed by atoms with Crippen molar-refractivity contribution in [3.8, 4) is 11.5 Å². The molecule has 0 aromatic heterocycles. The van der Waals surface area contributed by atoms with Crippen molar-refractivity contribution in [3.05, 3.63) is 71.6 Å². The Labute approximate surface area is 193 Å². The van der Waals surface area contributed by atoms with Gasteiger partial charge in [-0.2, -0.15) is 0 Å². The van der Waals surface area contributed by atoms with Crippen LogP contribution < -0.4 is 19.7 Å². The largest absolute Gasteiger partial charge is 0.493 e. The molecule has 0 bridgehead atoms. The molecule has 0 atom stereocenters. The summed E-state index contributed by atoms with van der Waals surface area (Å²) in [5, 5.41) is 11.1. The van der Waals surface area contributed by atoms with E-state index in [0.717, 1.165) is 4.90 Å². The number of carboxylic acids is 1. The summed E-state index contributed by atoms with van der Waals surface area (Å²) < 4.78 is 25.0. The van der Waals surface area contributed by atoms with Crippen LogP contribution in [0.25, 0.3) is 6.08 Å². The van der Waals surface area contributed by atoms with E-state index >= 15 is 0 Å². The van der Waals surface area contributed by atoms with E-state index in [1.54, 1.807) is 12.1 Å². The number of methoxy groups -OCH3 is 1. The molecule has 1 aliphatic heterocycles. The Balaban J connectivity index is 2.07. The molecule has 1 heterocycles. The summed E-state index contributed by atoms with van der Waals surface area (Å²) >= 11 is 5.09. The van der Waals surface area contributed by atoms with E-state index in [9.17, 15) is 18.8 Å². The predicted molar refractivity (Wildman–Crippen MR) is 123 cm³/mol. The van der Waals surface area contributed by atoms with E-state index in [0.29, 0.717) is 17.5 Å². The molecule has 3 rings (SSSR count). The molecule has 0 spiro atoms. The summed E-state index contributed by atoms with van der Waals surface area (Å²) in [5.74, 6) is -2.99. The average Bonchev–Trinajstić information content (AvgIpc) is 2.76. The van der Waals surface area contributed by atoms with Crippen LogP contribution in [0.1, 0.15) is 11.1 Å². The SMILES string of the molecule is C=CCc1cc(/C=C2/C(=O)NC(=S)N(c3ccccc3F)C2=O)cc(OC)c1OCC(=O)O. The number of carbonyl (C=O) groups is 3. The minimum absolute atomic E-state index is 0.0965. The number of amides is 2. The standard InChI is InChI=1S/C23H19FN2O6S/c1-3-6-14-9-13(11-18(31-2)20(14)32-12-19(27)28)10-15-21(29)25-23(33)26(22(15)30)17-8-5-4-7-16(17)24/h3-5,7-11H,1,6,12H2,2H3,(H,27,28)(H,25,29,33)/b15-10-. The molecule has 8 nitrogen and oxygen atoms in total. The zero-order valence-corrected chi connectivity index (χ0v) is 18.3. The highest BCUT2D eigenvalue weighted by Gasteiger charge is 2.35. The number of allylic oxidation sites excluding steroid dienone is 1. The van der Waals surface area contributed by atoms with Crippen LogP contribution in [0.3, 0.4) is 0 Å². The summed E-state index contributed by atoms with van der Waals surface area (Å²) in [6.45, 7) is 3.09. The number of para-hydroxylation sites is 1. The number of halogens is 1. The number of aliphatic carboxylic acids is 1. The predicted octanol–water partition coefficient (Wildman–Crippen LogP) is 2.86. The molecule has 0 unspecified atom stereocenters. The Hall–Kier alpha value is -4.05. The number of carboxylic acid groups (broad SMARTS) is 1. The second kappa shape index (κ2) is 10.0. The van der Waals surface area contributed by atoms with Gasteiger partial charge >= 0.3 is 5.97 Å². The fourth-order valence-electron chi connectivity index (χ4n) is 3.20. The maximum absolute atomic E-state index is 14.3. The van der Waals surface area contributed by atoms with Gasteiger partial charge in [0.25, 0.3) is 11.8 Å². The average molecular weight is 470 g/mol. The third-order valence-electron chi connectivity index (χ3n) is 4.58. The molecule has 1 aliphatic rings. The summed E-state index contributed by atoms with van der Waals surface area (Å²) in [6, 6.07) is 8.64. The van der Waals surface area contributed by atoms with Crippen LogP contribution in [-0.2, 0) is 20.8 Å². The molecule has 2 aromatic carbocycles. The number of nitrogens with one attached hydrogen (secondary N) is 1. The van der Waals surface area contributed by atoms with Gasteiger partial charge in [0.1, 0.15) is 11.4 Å². The number of rotatable bonds is 8. The molecule has 0 radical (unpaired) electrons. The maximum Gasteiger partial charge on any atom is 0.341 e. The van der Waals surface area contributed by atoms with E-state index in [4.69, 9.17) is 26.8 Å². The lowest BCUT2D eigenvalue weighted by Crippen LogP contribution is -2.54. The minimum atomic E-state index is -1.17. The van der Waals surface area contributed by atoms with E-state index in [1.165, 1.54) is 43.5 Å². The van der Waals surface area contributed by atoms with E-state index in [-0.39, 0.29) is 27.9 Å². The summed E-state index contributed by atoms with van der Waals surface area (Å²) in [7, 11) is 1.37. The van der Waals surface area contributed by atoms with Gasteiger partial charge < -0.3 is 14.6 Å². The van der Waals surface area contributed by atoms with Crippen molar-refractivity contribution in [2.24, 2.45) is 0 Å². The van der Waals surface area contributed by atoms with Crippen molar-refractivity contribution in [1.82, 2.24) is 5.32 Å². The lowest BCUT2D eigenvalue weighted by Gasteiger charge is -2.29. The summed E-state index contributed by atoms with van der Waals surface area (Å²) in [6.07, 6.45) is 3.19. The first kappa shape index (κ1) is 23.6. The Kier molecular flexibility index (Phi) is 7.19. The highest BCUT2D eigenvalue weighted by atomic mass is 32.1. The minimum Gasteiger partial charge on any atom is -0.493 e. The van der Waals surface area contributed by atoms with Gasteiger partial charge in [0.05, 0.1) is 12.8 Å². The molecule has 2 aromatic rings. The highest BCUT2D eigenvalue weighted by Crippen LogP contribution is 2.35. The molecule has 2 amide bonds. The van der Waals surface area contributed by atoms with Crippen LogP contribution in [-0.4, -0.2) is 41.7 Å². The molecule has 1 saturated heterocycles. The lowest BCUT2D eigenvalue weighted by atomic mass is 10.0. The van der Waals surface area contributed by atoms with Crippen LogP contribution in [0.4, 0.5) is 10.1 Å². The molecule has 33 heavy (non-hydrogen) atoms. The van der Waals surface area contributed by atoms with Crippen molar-refractivity contribution in [1.29, 1.82) is 0 Å². The van der Waals surface area contributed by atoms with Crippen LogP contribution in [0, 0.1) is 5.82 Å². The van der Waals surface area contributed by atoms with Gasteiger partial charge in [0.15, 0.2) is 23.2 Å².